The molecule has 1 saturated heterocycles. The van der Waals surface area contributed by atoms with Gasteiger partial charge in [0.2, 0.25) is 10.0 Å². The van der Waals surface area contributed by atoms with Crippen LogP contribution in [0.1, 0.15) is 17.3 Å². The standard InChI is InChI=1S/C26H26N2O6S/c1-19(34-26(30)22-9-7-21(8-10-22)20-5-3-2-4-6-20)25(29)27-23-11-13-24(14-12-23)35(31,32)28-15-17-33-18-16-28/h2-14,19H,15-18H2,1H3,(H,27,29). The minimum absolute atomic E-state index is 0.135. The summed E-state index contributed by atoms with van der Waals surface area (Å²) in [6.45, 7) is 2.81. The fourth-order valence-electron chi connectivity index (χ4n) is 3.60. The maximum atomic E-state index is 12.7. The lowest BCUT2D eigenvalue weighted by atomic mass is 10.0. The highest BCUT2D eigenvalue weighted by atomic mass is 32.2. The third-order valence-electron chi connectivity index (χ3n) is 5.61. The molecule has 0 bridgehead atoms. The lowest BCUT2D eigenvalue weighted by molar-refractivity contribution is -0.123. The van der Waals surface area contributed by atoms with Gasteiger partial charge in [0.05, 0.1) is 23.7 Å². The molecule has 1 fully saturated rings. The van der Waals surface area contributed by atoms with Gasteiger partial charge in [-0.3, -0.25) is 4.79 Å². The van der Waals surface area contributed by atoms with E-state index < -0.39 is 28.0 Å². The van der Waals surface area contributed by atoms with Gasteiger partial charge in [-0.2, -0.15) is 4.31 Å². The molecule has 0 spiro atoms. The van der Waals surface area contributed by atoms with Crippen LogP contribution in [0.5, 0.6) is 0 Å². The van der Waals surface area contributed by atoms with E-state index in [1.807, 2.05) is 42.5 Å². The first kappa shape index (κ1) is 24.6. The molecule has 1 aliphatic heterocycles. The molecule has 35 heavy (non-hydrogen) atoms. The number of esters is 1. The Morgan fingerprint density at radius 1 is 0.886 bits per heavy atom. The predicted octanol–water partition coefficient (Wildman–Crippen LogP) is 3.56. The molecule has 0 radical (unpaired) electrons. The third kappa shape index (κ3) is 5.94. The van der Waals surface area contributed by atoms with Crippen molar-refractivity contribution in [3.63, 3.8) is 0 Å². The van der Waals surface area contributed by atoms with Gasteiger partial charge in [0.25, 0.3) is 5.91 Å². The fraction of sp³-hybridized carbons (Fsp3) is 0.231. The summed E-state index contributed by atoms with van der Waals surface area (Å²) < 4.78 is 37.3. The van der Waals surface area contributed by atoms with Crippen LogP contribution in [0.2, 0.25) is 0 Å². The molecule has 1 aliphatic rings. The van der Waals surface area contributed by atoms with Crippen LogP contribution in [0.25, 0.3) is 11.1 Å². The number of rotatable bonds is 7. The van der Waals surface area contributed by atoms with Crippen LogP contribution in [0.15, 0.2) is 83.8 Å². The van der Waals surface area contributed by atoms with Gasteiger partial charge < -0.3 is 14.8 Å². The predicted molar refractivity (Wildman–Crippen MR) is 131 cm³/mol. The third-order valence-corrected chi connectivity index (χ3v) is 7.52. The summed E-state index contributed by atoms with van der Waals surface area (Å²) in [5, 5.41) is 2.64. The minimum Gasteiger partial charge on any atom is -0.449 e. The first-order valence-electron chi connectivity index (χ1n) is 11.2. The second-order valence-electron chi connectivity index (χ2n) is 8.02. The Kier molecular flexibility index (Phi) is 7.60. The van der Waals surface area contributed by atoms with E-state index >= 15 is 0 Å². The van der Waals surface area contributed by atoms with Crippen molar-refractivity contribution in [1.82, 2.24) is 4.31 Å². The molecular formula is C26H26N2O6S. The van der Waals surface area contributed by atoms with Crippen molar-refractivity contribution in [2.75, 3.05) is 31.6 Å². The van der Waals surface area contributed by atoms with Crippen molar-refractivity contribution < 1.29 is 27.5 Å². The Bertz CT molecular complexity index is 1270. The van der Waals surface area contributed by atoms with Gasteiger partial charge in [0.15, 0.2) is 6.10 Å². The summed E-state index contributed by atoms with van der Waals surface area (Å²) in [5.74, 6) is -1.14. The summed E-state index contributed by atoms with van der Waals surface area (Å²) in [4.78, 5) is 25.1. The van der Waals surface area contributed by atoms with Crippen molar-refractivity contribution in [2.45, 2.75) is 17.9 Å². The maximum Gasteiger partial charge on any atom is 0.338 e. The van der Waals surface area contributed by atoms with Gasteiger partial charge in [-0.25, -0.2) is 13.2 Å². The monoisotopic (exact) mass is 494 g/mol. The number of hydrogen-bond acceptors (Lipinski definition) is 6. The average Bonchev–Trinajstić information content (AvgIpc) is 2.90. The zero-order valence-corrected chi connectivity index (χ0v) is 20.0. The van der Waals surface area contributed by atoms with Gasteiger partial charge in [0.1, 0.15) is 0 Å². The highest BCUT2D eigenvalue weighted by Gasteiger charge is 2.26. The molecule has 0 aromatic heterocycles. The van der Waals surface area contributed by atoms with Gasteiger partial charge in [0, 0.05) is 18.8 Å². The summed E-state index contributed by atoms with van der Waals surface area (Å²) in [6.07, 6.45) is -1.05. The quantitative estimate of drug-likeness (QED) is 0.504. The first-order valence-corrected chi connectivity index (χ1v) is 12.6. The molecule has 1 atom stereocenters. The van der Waals surface area contributed by atoms with Gasteiger partial charge >= 0.3 is 5.97 Å². The van der Waals surface area contributed by atoms with E-state index in [9.17, 15) is 18.0 Å². The highest BCUT2D eigenvalue weighted by molar-refractivity contribution is 7.89. The number of carbonyl (C=O) groups excluding carboxylic acids is 2. The number of benzene rings is 3. The normalized spacial score (nSPS) is 15.2. The summed E-state index contributed by atoms with van der Waals surface area (Å²) in [5.41, 5.74) is 2.73. The molecule has 9 heteroatoms. The Morgan fingerprint density at radius 2 is 1.49 bits per heavy atom. The second-order valence-corrected chi connectivity index (χ2v) is 9.96. The lowest BCUT2D eigenvalue weighted by Crippen LogP contribution is -2.40. The van der Waals surface area contributed by atoms with Crippen LogP contribution in [-0.4, -0.2) is 57.0 Å². The smallest absolute Gasteiger partial charge is 0.338 e. The molecule has 182 valence electrons. The van der Waals surface area contributed by atoms with Crippen LogP contribution in [0, 0.1) is 0 Å². The molecule has 8 nitrogen and oxygen atoms in total. The number of morpholine rings is 1. The largest absolute Gasteiger partial charge is 0.449 e. The van der Waals surface area contributed by atoms with E-state index in [0.29, 0.717) is 37.6 Å². The Hall–Kier alpha value is -3.53. The average molecular weight is 495 g/mol. The number of nitrogens with one attached hydrogen (secondary N) is 1. The van der Waals surface area contributed by atoms with Crippen LogP contribution in [0.3, 0.4) is 0 Å². The molecule has 0 aliphatic carbocycles. The van der Waals surface area contributed by atoms with Gasteiger partial charge in [-0.15, -0.1) is 0 Å². The zero-order valence-electron chi connectivity index (χ0n) is 19.2. The number of hydrogen-bond donors (Lipinski definition) is 1. The maximum absolute atomic E-state index is 12.7. The molecule has 1 unspecified atom stereocenters. The topological polar surface area (TPSA) is 102 Å². The van der Waals surface area contributed by atoms with Crippen LogP contribution in [-0.2, 0) is 24.3 Å². The highest BCUT2D eigenvalue weighted by Crippen LogP contribution is 2.21. The van der Waals surface area contributed by atoms with E-state index in [-0.39, 0.29) is 4.90 Å². The Morgan fingerprint density at radius 3 is 2.11 bits per heavy atom. The molecule has 1 heterocycles. The van der Waals surface area contributed by atoms with E-state index in [0.717, 1.165) is 11.1 Å². The van der Waals surface area contributed by atoms with E-state index in [2.05, 4.69) is 5.32 Å². The number of sulfonamides is 1. The number of amides is 1. The Labute approximate surface area is 204 Å². The molecule has 4 rings (SSSR count). The second kappa shape index (κ2) is 10.8. The Balaban J connectivity index is 1.33. The van der Waals surface area contributed by atoms with Gasteiger partial charge in [-0.1, -0.05) is 42.5 Å². The molecular weight excluding hydrogens is 468 g/mol. The number of carbonyl (C=O) groups is 2. The van der Waals surface area contributed by atoms with Crippen molar-refractivity contribution in [3.8, 4) is 11.1 Å². The summed E-state index contributed by atoms with van der Waals surface area (Å²) in [7, 11) is -3.62. The van der Waals surface area contributed by atoms with Crippen molar-refractivity contribution in [1.29, 1.82) is 0 Å². The minimum atomic E-state index is -3.62. The van der Waals surface area contributed by atoms with Crippen molar-refractivity contribution >= 4 is 27.6 Å². The number of nitrogens with zero attached hydrogens (tertiary/aromatic N) is 1. The first-order chi connectivity index (χ1) is 16.8. The SMILES string of the molecule is CC(OC(=O)c1ccc(-c2ccccc2)cc1)C(=O)Nc1ccc(S(=O)(=O)N2CCOCC2)cc1. The zero-order chi connectivity index (χ0) is 24.8. The van der Waals surface area contributed by atoms with Crippen molar-refractivity contribution in [3.05, 3.63) is 84.4 Å². The number of anilines is 1. The van der Waals surface area contributed by atoms with Crippen LogP contribution in [0.4, 0.5) is 5.69 Å². The molecule has 1 amide bonds. The number of ether oxygens (including phenoxy) is 2. The van der Waals surface area contributed by atoms with E-state index in [1.54, 1.807) is 12.1 Å². The molecule has 1 N–H and O–H groups in total. The van der Waals surface area contributed by atoms with E-state index in [1.165, 1.54) is 35.5 Å². The fourth-order valence-corrected chi connectivity index (χ4v) is 5.01. The van der Waals surface area contributed by atoms with Crippen LogP contribution >= 0.6 is 0 Å². The van der Waals surface area contributed by atoms with Crippen LogP contribution < -0.4 is 5.32 Å². The van der Waals surface area contributed by atoms with E-state index in [4.69, 9.17) is 9.47 Å². The molecule has 3 aromatic carbocycles. The lowest BCUT2D eigenvalue weighted by Gasteiger charge is -2.26. The molecule has 0 saturated carbocycles. The summed E-state index contributed by atoms with van der Waals surface area (Å²) in [6, 6.07) is 22.6. The van der Waals surface area contributed by atoms with Gasteiger partial charge in [-0.05, 0) is 54.4 Å². The molecule has 3 aromatic rings. The van der Waals surface area contributed by atoms with Crippen molar-refractivity contribution in [2.24, 2.45) is 0 Å². The summed E-state index contributed by atoms with van der Waals surface area (Å²) >= 11 is 0.